The van der Waals surface area contributed by atoms with Crippen molar-refractivity contribution in [2.24, 2.45) is 0 Å². The van der Waals surface area contributed by atoms with Gasteiger partial charge in [0.1, 0.15) is 11.7 Å². The maximum atomic E-state index is 13.0. The minimum atomic E-state index is -0.571. The summed E-state index contributed by atoms with van der Waals surface area (Å²) in [6, 6.07) is 14.8. The SMILES string of the molecule is Cc1ccc(CNC(=O)C2Cn3cccc3C(=O)N2Cc2cccnc2)cc1. The lowest BCUT2D eigenvalue weighted by atomic mass is 10.1. The van der Waals surface area contributed by atoms with Crippen LogP contribution in [0, 0.1) is 6.92 Å². The van der Waals surface area contributed by atoms with Gasteiger partial charge in [-0.1, -0.05) is 35.9 Å². The monoisotopic (exact) mass is 374 g/mol. The lowest BCUT2D eigenvalue weighted by molar-refractivity contribution is -0.126. The number of benzene rings is 1. The largest absolute Gasteiger partial charge is 0.350 e. The van der Waals surface area contributed by atoms with Crippen molar-refractivity contribution >= 4 is 11.8 Å². The van der Waals surface area contributed by atoms with Crippen LogP contribution in [-0.4, -0.2) is 32.3 Å². The highest BCUT2D eigenvalue weighted by Gasteiger charge is 2.36. The standard InChI is InChI=1S/C22H22N4O2/c1-16-6-8-17(9-7-16)13-24-21(27)20-15-25-11-3-5-19(25)22(28)26(20)14-18-4-2-10-23-12-18/h2-12,20H,13-15H2,1H3,(H,24,27). The zero-order valence-corrected chi connectivity index (χ0v) is 15.7. The molecule has 0 saturated heterocycles. The van der Waals surface area contributed by atoms with Crippen molar-refractivity contribution in [2.75, 3.05) is 0 Å². The van der Waals surface area contributed by atoms with Crippen LogP contribution in [0.1, 0.15) is 27.2 Å². The first kappa shape index (κ1) is 18.0. The van der Waals surface area contributed by atoms with Crippen LogP contribution in [0.15, 0.2) is 67.1 Å². The van der Waals surface area contributed by atoms with Gasteiger partial charge in [0.05, 0.1) is 6.54 Å². The maximum Gasteiger partial charge on any atom is 0.271 e. The highest BCUT2D eigenvalue weighted by atomic mass is 16.2. The van der Waals surface area contributed by atoms with Gasteiger partial charge in [-0.15, -0.1) is 0 Å². The molecule has 6 heteroatoms. The zero-order chi connectivity index (χ0) is 19.5. The lowest BCUT2D eigenvalue weighted by Crippen LogP contribution is -2.54. The molecule has 1 aliphatic rings. The second kappa shape index (κ2) is 7.68. The van der Waals surface area contributed by atoms with Gasteiger partial charge in [-0.25, -0.2) is 0 Å². The van der Waals surface area contributed by atoms with E-state index in [2.05, 4.69) is 10.3 Å². The van der Waals surface area contributed by atoms with Gasteiger partial charge in [0.25, 0.3) is 5.91 Å². The molecule has 1 N–H and O–H groups in total. The highest BCUT2D eigenvalue weighted by molar-refractivity contribution is 5.97. The van der Waals surface area contributed by atoms with Crippen LogP contribution in [0.2, 0.25) is 0 Å². The van der Waals surface area contributed by atoms with Gasteiger partial charge >= 0.3 is 0 Å². The van der Waals surface area contributed by atoms with Gasteiger partial charge in [-0.3, -0.25) is 14.6 Å². The van der Waals surface area contributed by atoms with Crippen LogP contribution in [0.25, 0.3) is 0 Å². The number of pyridine rings is 1. The second-order valence-electron chi connectivity index (χ2n) is 7.06. The van der Waals surface area contributed by atoms with Crippen LogP contribution < -0.4 is 5.32 Å². The lowest BCUT2D eigenvalue weighted by Gasteiger charge is -2.35. The van der Waals surface area contributed by atoms with E-state index < -0.39 is 6.04 Å². The zero-order valence-electron chi connectivity index (χ0n) is 15.7. The average molecular weight is 374 g/mol. The number of amides is 2. The van der Waals surface area contributed by atoms with Gasteiger partial charge < -0.3 is 14.8 Å². The summed E-state index contributed by atoms with van der Waals surface area (Å²) in [5.74, 6) is -0.298. The predicted molar refractivity (Wildman–Crippen MR) is 105 cm³/mol. The fraction of sp³-hybridized carbons (Fsp3) is 0.227. The molecule has 0 fully saturated rings. The molecule has 1 aromatic carbocycles. The molecule has 1 unspecified atom stereocenters. The number of hydrogen-bond donors (Lipinski definition) is 1. The summed E-state index contributed by atoms with van der Waals surface area (Å²) in [6.07, 6.45) is 5.26. The van der Waals surface area contributed by atoms with Gasteiger partial charge in [0.2, 0.25) is 5.91 Å². The average Bonchev–Trinajstić information content (AvgIpc) is 3.19. The van der Waals surface area contributed by atoms with E-state index in [1.54, 1.807) is 23.4 Å². The van der Waals surface area contributed by atoms with Crippen LogP contribution in [0.3, 0.4) is 0 Å². The van der Waals surface area contributed by atoms with Crippen molar-refractivity contribution in [3.8, 4) is 0 Å². The fourth-order valence-corrected chi connectivity index (χ4v) is 3.45. The van der Waals surface area contributed by atoms with Gasteiger partial charge in [0, 0.05) is 31.7 Å². The third kappa shape index (κ3) is 3.67. The van der Waals surface area contributed by atoms with E-state index in [1.165, 1.54) is 5.56 Å². The number of aryl methyl sites for hydroxylation is 1. The van der Waals surface area contributed by atoms with Crippen molar-refractivity contribution in [2.45, 2.75) is 32.6 Å². The molecule has 28 heavy (non-hydrogen) atoms. The normalized spacial score (nSPS) is 16.0. The third-order valence-corrected chi connectivity index (χ3v) is 5.02. The maximum absolute atomic E-state index is 13.0. The molecule has 142 valence electrons. The molecule has 3 heterocycles. The predicted octanol–water partition coefficient (Wildman–Crippen LogP) is 2.53. The Hall–Kier alpha value is -3.41. The minimum absolute atomic E-state index is 0.143. The molecule has 0 spiro atoms. The summed E-state index contributed by atoms with van der Waals surface area (Å²) < 4.78 is 1.85. The third-order valence-electron chi connectivity index (χ3n) is 5.02. The van der Waals surface area contributed by atoms with Crippen molar-refractivity contribution in [3.05, 3.63) is 89.5 Å². The van der Waals surface area contributed by atoms with Gasteiger partial charge in [-0.2, -0.15) is 0 Å². The van der Waals surface area contributed by atoms with Gasteiger partial charge in [0.15, 0.2) is 0 Å². The van der Waals surface area contributed by atoms with E-state index in [-0.39, 0.29) is 11.8 Å². The molecule has 6 nitrogen and oxygen atoms in total. The number of aromatic nitrogens is 2. The molecule has 1 atom stereocenters. The number of nitrogens with one attached hydrogen (secondary N) is 1. The van der Waals surface area contributed by atoms with E-state index in [0.29, 0.717) is 25.3 Å². The topological polar surface area (TPSA) is 67.2 Å². The molecule has 0 bridgehead atoms. The smallest absolute Gasteiger partial charge is 0.271 e. The molecule has 1 aliphatic heterocycles. The van der Waals surface area contributed by atoms with E-state index >= 15 is 0 Å². The molecule has 2 aromatic heterocycles. The summed E-state index contributed by atoms with van der Waals surface area (Å²) in [6.45, 7) is 3.25. The minimum Gasteiger partial charge on any atom is -0.350 e. The van der Waals surface area contributed by atoms with Crippen LogP contribution in [0.5, 0.6) is 0 Å². The van der Waals surface area contributed by atoms with Crippen LogP contribution in [0.4, 0.5) is 0 Å². The molecule has 3 aromatic rings. The summed E-state index contributed by atoms with van der Waals surface area (Å²) in [5.41, 5.74) is 3.70. The van der Waals surface area contributed by atoms with Crippen molar-refractivity contribution in [3.63, 3.8) is 0 Å². The molecular weight excluding hydrogens is 352 g/mol. The number of carbonyl (C=O) groups is 2. The summed E-state index contributed by atoms with van der Waals surface area (Å²) >= 11 is 0. The molecule has 0 aliphatic carbocycles. The summed E-state index contributed by atoms with van der Waals surface area (Å²) in [4.78, 5) is 31.8. The molecule has 0 radical (unpaired) electrons. The highest BCUT2D eigenvalue weighted by Crippen LogP contribution is 2.21. The van der Waals surface area contributed by atoms with Crippen LogP contribution in [-0.2, 0) is 24.4 Å². The van der Waals surface area contributed by atoms with E-state index in [9.17, 15) is 9.59 Å². The Bertz CT molecular complexity index is 979. The van der Waals surface area contributed by atoms with Crippen molar-refractivity contribution in [1.29, 1.82) is 0 Å². The Morgan fingerprint density at radius 3 is 2.71 bits per heavy atom. The van der Waals surface area contributed by atoms with E-state index in [0.717, 1.165) is 11.1 Å². The number of rotatable bonds is 5. The van der Waals surface area contributed by atoms with Crippen molar-refractivity contribution in [1.82, 2.24) is 19.8 Å². The Balaban J connectivity index is 1.54. The van der Waals surface area contributed by atoms with Crippen molar-refractivity contribution < 1.29 is 9.59 Å². The molecule has 4 rings (SSSR count). The Kier molecular flexibility index (Phi) is 4.93. The number of hydrogen-bond acceptors (Lipinski definition) is 3. The van der Waals surface area contributed by atoms with Gasteiger partial charge in [-0.05, 0) is 36.2 Å². The summed E-state index contributed by atoms with van der Waals surface area (Å²) in [5, 5.41) is 2.99. The summed E-state index contributed by atoms with van der Waals surface area (Å²) in [7, 11) is 0. The first-order valence-corrected chi connectivity index (χ1v) is 9.30. The molecule has 2 amide bonds. The number of carbonyl (C=O) groups excluding carboxylic acids is 2. The first-order valence-electron chi connectivity index (χ1n) is 9.30. The van der Waals surface area contributed by atoms with E-state index in [1.807, 2.05) is 60.2 Å². The van der Waals surface area contributed by atoms with Crippen LogP contribution >= 0.6 is 0 Å². The Morgan fingerprint density at radius 1 is 1.14 bits per heavy atom. The number of fused-ring (bicyclic) bond motifs is 1. The quantitative estimate of drug-likeness (QED) is 0.746. The number of nitrogens with zero attached hydrogens (tertiary/aromatic N) is 3. The molecular formula is C22H22N4O2. The molecule has 0 saturated carbocycles. The first-order chi connectivity index (χ1) is 13.6. The Morgan fingerprint density at radius 2 is 1.96 bits per heavy atom. The van der Waals surface area contributed by atoms with E-state index in [4.69, 9.17) is 0 Å². The fourth-order valence-electron chi connectivity index (χ4n) is 3.45. The Labute approximate surface area is 163 Å². The second-order valence-corrected chi connectivity index (χ2v) is 7.06.